The van der Waals surface area contributed by atoms with Crippen LogP contribution in [0.1, 0.15) is 25.5 Å². The van der Waals surface area contributed by atoms with Gasteiger partial charge in [-0.25, -0.2) is 13.5 Å². The normalized spacial score (nSPS) is 12.3. The van der Waals surface area contributed by atoms with Gasteiger partial charge in [0.1, 0.15) is 11.8 Å². The molecule has 0 aliphatic heterocycles. The smallest absolute Gasteiger partial charge is 0.270 e. The first-order valence-electron chi connectivity index (χ1n) is 9.22. The van der Waals surface area contributed by atoms with E-state index in [2.05, 4.69) is 10.4 Å². The quantitative estimate of drug-likeness (QED) is 0.656. The Hall–Kier alpha value is -3.55. The second-order valence-electron chi connectivity index (χ2n) is 6.87. The fourth-order valence-electron chi connectivity index (χ4n) is 2.87. The minimum Gasteiger partial charge on any atom is -0.497 e. The lowest BCUT2D eigenvalue weighted by atomic mass is 10.1. The molecule has 0 aliphatic rings. The van der Waals surface area contributed by atoms with Crippen LogP contribution in [0.5, 0.6) is 5.75 Å². The number of carbonyl (C=O) groups excluding carboxylic acids is 1. The van der Waals surface area contributed by atoms with Gasteiger partial charge in [0.05, 0.1) is 12.8 Å². The van der Waals surface area contributed by atoms with E-state index >= 15 is 0 Å². The predicted molar refractivity (Wildman–Crippen MR) is 110 cm³/mol. The Bertz CT molecular complexity index is 1120. The molecule has 0 saturated carbocycles. The average molecular weight is 413 g/mol. The van der Waals surface area contributed by atoms with Gasteiger partial charge in [0.15, 0.2) is 0 Å². The van der Waals surface area contributed by atoms with E-state index in [1.807, 2.05) is 0 Å². The van der Waals surface area contributed by atoms with Crippen molar-refractivity contribution in [2.75, 3.05) is 12.4 Å². The molecule has 1 heterocycles. The number of aromatic nitrogens is 2. The van der Waals surface area contributed by atoms with Gasteiger partial charge in [-0.1, -0.05) is 24.3 Å². The number of carbonyl (C=O) groups is 1. The van der Waals surface area contributed by atoms with Crippen LogP contribution >= 0.6 is 0 Å². The molecule has 1 atom stereocenters. The summed E-state index contributed by atoms with van der Waals surface area (Å²) in [6, 6.07) is 14.5. The summed E-state index contributed by atoms with van der Waals surface area (Å²) >= 11 is 0. The third-order valence-electron chi connectivity index (χ3n) is 4.57. The Kier molecular flexibility index (Phi) is 5.96. The molecule has 156 valence electrons. The van der Waals surface area contributed by atoms with Gasteiger partial charge in [-0.05, 0) is 37.3 Å². The topological polar surface area (TPSA) is 73.2 Å². The molecule has 0 spiro atoms. The number of ether oxygens (including phenoxy) is 1. The lowest BCUT2D eigenvalue weighted by Gasteiger charge is -2.16. The summed E-state index contributed by atoms with van der Waals surface area (Å²) in [4.78, 5) is 25.0. The van der Waals surface area contributed by atoms with Gasteiger partial charge in [0.25, 0.3) is 11.5 Å². The number of hydrogen-bond donors (Lipinski definition) is 1. The van der Waals surface area contributed by atoms with Gasteiger partial charge < -0.3 is 10.1 Å². The molecule has 2 aromatic carbocycles. The maximum Gasteiger partial charge on any atom is 0.270 e. The van der Waals surface area contributed by atoms with Crippen molar-refractivity contribution in [3.63, 3.8) is 0 Å². The Labute approximate surface area is 172 Å². The van der Waals surface area contributed by atoms with E-state index in [4.69, 9.17) is 4.74 Å². The summed E-state index contributed by atoms with van der Waals surface area (Å²) in [7, 11) is 1.54. The predicted octanol–water partition coefficient (Wildman–Crippen LogP) is 4.23. The summed E-state index contributed by atoms with van der Waals surface area (Å²) in [5, 5.41) is 6.87. The Balaban J connectivity index is 1.86. The Morgan fingerprint density at radius 3 is 2.57 bits per heavy atom. The molecular weight excluding hydrogens is 392 g/mol. The maximum absolute atomic E-state index is 13.5. The summed E-state index contributed by atoms with van der Waals surface area (Å²) in [5.74, 6) is -2.95. The number of halogens is 2. The number of amides is 1. The molecule has 1 unspecified atom stereocenters. The SMILES string of the molecule is COc1cccc(-c2ccc(=O)n(C(C)C(=O)Nc3cccc(C(C)(F)F)c3)n2)c1. The van der Waals surface area contributed by atoms with Crippen LogP contribution in [-0.4, -0.2) is 22.8 Å². The Morgan fingerprint density at radius 1 is 1.13 bits per heavy atom. The number of nitrogens with zero attached hydrogens (tertiary/aromatic N) is 2. The second-order valence-corrected chi connectivity index (χ2v) is 6.87. The van der Waals surface area contributed by atoms with Crippen molar-refractivity contribution in [1.82, 2.24) is 9.78 Å². The molecule has 1 N–H and O–H groups in total. The fraction of sp³-hybridized carbons (Fsp3) is 0.227. The number of methoxy groups -OCH3 is 1. The van der Waals surface area contributed by atoms with Crippen molar-refractivity contribution >= 4 is 11.6 Å². The van der Waals surface area contributed by atoms with E-state index in [-0.39, 0.29) is 11.3 Å². The van der Waals surface area contributed by atoms with Gasteiger partial charge in [0.2, 0.25) is 5.91 Å². The van der Waals surface area contributed by atoms with Crippen LogP contribution in [0.3, 0.4) is 0 Å². The van der Waals surface area contributed by atoms with Crippen LogP contribution in [0.25, 0.3) is 11.3 Å². The molecule has 0 fully saturated rings. The van der Waals surface area contributed by atoms with E-state index in [1.165, 1.54) is 37.3 Å². The summed E-state index contributed by atoms with van der Waals surface area (Å²) in [5.41, 5.74) is 0.735. The summed E-state index contributed by atoms with van der Waals surface area (Å²) < 4.78 is 33.3. The van der Waals surface area contributed by atoms with Crippen LogP contribution in [0.2, 0.25) is 0 Å². The minimum atomic E-state index is -3.03. The molecule has 30 heavy (non-hydrogen) atoms. The first-order valence-corrected chi connectivity index (χ1v) is 9.22. The number of nitrogens with one attached hydrogen (secondary N) is 1. The van der Waals surface area contributed by atoms with Crippen LogP contribution in [-0.2, 0) is 10.7 Å². The summed E-state index contributed by atoms with van der Waals surface area (Å²) in [6.45, 7) is 2.29. The van der Waals surface area contributed by atoms with Gasteiger partial charge in [-0.2, -0.15) is 5.10 Å². The largest absolute Gasteiger partial charge is 0.497 e. The van der Waals surface area contributed by atoms with Crippen molar-refractivity contribution in [3.05, 3.63) is 76.6 Å². The molecule has 6 nitrogen and oxygen atoms in total. The lowest BCUT2D eigenvalue weighted by molar-refractivity contribution is -0.119. The zero-order chi connectivity index (χ0) is 21.9. The molecule has 3 rings (SSSR count). The molecule has 0 bridgehead atoms. The number of benzene rings is 2. The number of anilines is 1. The summed E-state index contributed by atoms with van der Waals surface area (Å²) in [6.07, 6.45) is 0. The number of rotatable bonds is 6. The van der Waals surface area contributed by atoms with Crippen molar-refractivity contribution < 1.29 is 18.3 Å². The van der Waals surface area contributed by atoms with Crippen LogP contribution in [0.4, 0.5) is 14.5 Å². The van der Waals surface area contributed by atoms with Gasteiger partial charge >= 0.3 is 0 Å². The van der Waals surface area contributed by atoms with Crippen molar-refractivity contribution in [2.24, 2.45) is 0 Å². The number of alkyl halides is 2. The van der Waals surface area contributed by atoms with Gasteiger partial charge in [0, 0.05) is 29.8 Å². The molecule has 0 aliphatic carbocycles. The fourth-order valence-corrected chi connectivity index (χ4v) is 2.87. The molecule has 1 aromatic heterocycles. The van der Waals surface area contributed by atoms with Crippen LogP contribution in [0.15, 0.2) is 65.5 Å². The van der Waals surface area contributed by atoms with Gasteiger partial charge in [-0.3, -0.25) is 9.59 Å². The lowest BCUT2D eigenvalue weighted by Crippen LogP contribution is -2.33. The molecule has 0 radical (unpaired) electrons. The monoisotopic (exact) mass is 413 g/mol. The molecular formula is C22H21F2N3O3. The van der Waals surface area contributed by atoms with E-state index in [0.717, 1.165) is 11.6 Å². The molecule has 0 saturated heterocycles. The Morgan fingerprint density at radius 2 is 1.87 bits per heavy atom. The first kappa shape index (κ1) is 21.2. The maximum atomic E-state index is 13.5. The zero-order valence-corrected chi connectivity index (χ0v) is 16.7. The van der Waals surface area contributed by atoms with E-state index in [0.29, 0.717) is 17.0 Å². The highest BCUT2D eigenvalue weighted by atomic mass is 19.3. The third kappa shape index (κ3) is 4.71. The molecule has 8 heteroatoms. The number of hydrogen-bond acceptors (Lipinski definition) is 4. The van der Waals surface area contributed by atoms with E-state index < -0.39 is 23.4 Å². The highest BCUT2D eigenvalue weighted by Gasteiger charge is 2.25. The van der Waals surface area contributed by atoms with Crippen LogP contribution < -0.4 is 15.6 Å². The van der Waals surface area contributed by atoms with E-state index in [9.17, 15) is 18.4 Å². The standard InChI is InChI=1S/C22H21F2N3O3/c1-14(21(29)25-17-8-5-7-16(13-17)22(2,23)24)27-20(28)11-10-19(26-27)15-6-4-9-18(12-15)30-3/h4-14H,1-3H3,(H,25,29). The van der Waals surface area contributed by atoms with Crippen molar-refractivity contribution in [1.29, 1.82) is 0 Å². The average Bonchev–Trinajstić information content (AvgIpc) is 2.73. The molecule has 1 amide bonds. The van der Waals surface area contributed by atoms with Crippen molar-refractivity contribution in [2.45, 2.75) is 25.8 Å². The zero-order valence-electron chi connectivity index (χ0n) is 16.7. The molecule has 3 aromatic rings. The first-order chi connectivity index (χ1) is 14.2. The highest BCUT2D eigenvalue weighted by molar-refractivity contribution is 5.93. The van der Waals surface area contributed by atoms with E-state index in [1.54, 1.807) is 37.4 Å². The van der Waals surface area contributed by atoms with Crippen molar-refractivity contribution in [3.8, 4) is 17.0 Å². The van der Waals surface area contributed by atoms with Gasteiger partial charge in [-0.15, -0.1) is 0 Å². The third-order valence-corrected chi connectivity index (χ3v) is 4.57. The second kappa shape index (κ2) is 8.44. The minimum absolute atomic E-state index is 0.211. The van der Waals surface area contributed by atoms with Crippen LogP contribution in [0, 0.1) is 0 Å². The highest BCUT2D eigenvalue weighted by Crippen LogP contribution is 2.29.